The van der Waals surface area contributed by atoms with Crippen LogP contribution < -0.4 is 10.9 Å². The van der Waals surface area contributed by atoms with Crippen LogP contribution in [0.1, 0.15) is 10.5 Å². The van der Waals surface area contributed by atoms with Crippen LogP contribution >= 0.6 is 0 Å². The standard InChI is InChI=1S/C14H10F2N4O/c15-9-2-1-8-5-12(18-11(8)6-9)14(21)20-19-10-3-4-13(16)17-7-10/h1-7,18-19H,(H,20,21). The van der Waals surface area contributed by atoms with Crippen LogP contribution in [-0.4, -0.2) is 15.9 Å². The molecule has 0 fully saturated rings. The Bertz CT molecular complexity index is 798. The predicted octanol–water partition coefficient (Wildman–Crippen LogP) is 2.60. The number of fused-ring (bicyclic) bond motifs is 1. The first kappa shape index (κ1) is 13.0. The minimum absolute atomic E-state index is 0.276. The number of aromatic amines is 1. The number of pyridine rings is 1. The highest BCUT2D eigenvalue weighted by Gasteiger charge is 2.09. The molecule has 5 nitrogen and oxygen atoms in total. The third-order valence-electron chi connectivity index (χ3n) is 2.88. The number of carbonyl (C=O) groups excluding carboxylic acids is 1. The van der Waals surface area contributed by atoms with Crippen LogP contribution in [0.4, 0.5) is 14.5 Å². The molecule has 0 atom stereocenters. The normalized spacial score (nSPS) is 10.6. The lowest BCUT2D eigenvalue weighted by Gasteiger charge is -2.06. The number of hydrazine groups is 1. The molecule has 0 aliphatic heterocycles. The molecule has 7 heteroatoms. The third kappa shape index (κ3) is 2.81. The average Bonchev–Trinajstić information content (AvgIpc) is 2.89. The molecule has 0 bridgehead atoms. The van der Waals surface area contributed by atoms with Crippen molar-refractivity contribution in [2.24, 2.45) is 0 Å². The first-order chi connectivity index (χ1) is 10.1. The van der Waals surface area contributed by atoms with Gasteiger partial charge in [-0.2, -0.15) is 4.39 Å². The number of carbonyl (C=O) groups is 1. The lowest BCUT2D eigenvalue weighted by Crippen LogP contribution is -2.29. The number of benzene rings is 1. The van der Waals surface area contributed by atoms with Crippen LogP contribution in [0.2, 0.25) is 0 Å². The topological polar surface area (TPSA) is 69.8 Å². The lowest BCUT2D eigenvalue weighted by atomic mass is 10.2. The van der Waals surface area contributed by atoms with Gasteiger partial charge in [-0.3, -0.25) is 15.6 Å². The van der Waals surface area contributed by atoms with Crippen molar-refractivity contribution in [1.29, 1.82) is 0 Å². The van der Waals surface area contributed by atoms with Gasteiger partial charge in [0, 0.05) is 10.9 Å². The van der Waals surface area contributed by atoms with E-state index in [1.807, 2.05) is 0 Å². The summed E-state index contributed by atoms with van der Waals surface area (Å²) in [5.74, 6) is -1.42. The van der Waals surface area contributed by atoms with Crippen LogP contribution in [0.5, 0.6) is 0 Å². The molecule has 2 aromatic heterocycles. The van der Waals surface area contributed by atoms with Crippen LogP contribution in [0.15, 0.2) is 42.6 Å². The van der Waals surface area contributed by atoms with E-state index in [1.165, 1.54) is 30.5 Å². The predicted molar refractivity (Wildman–Crippen MR) is 73.5 cm³/mol. The molecule has 3 N–H and O–H groups in total. The third-order valence-corrected chi connectivity index (χ3v) is 2.88. The van der Waals surface area contributed by atoms with Gasteiger partial charge >= 0.3 is 0 Å². The molecular formula is C14H10F2N4O. The van der Waals surface area contributed by atoms with Crippen molar-refractivity contribution in [2.75, 3.05) is 5.43 Å². The zero-order valence-electron chi connectivity index (χ0n) is 10.7. The second kappa shape index (κ2) is 5.20. The number of nitrogens with zero attached hydrogens (tertiary/aromatic N) is 1. The second-order valence-corrected chi connectivity index (χ2v) is 4.36. The maximum atomic E-state index is 13.1. The van der Waals surface area contributed by atoms with Gasteiger partial charge in [0.15, 0.2) is 0 Å². The van der Waals surface area contributed by atoms with Gasteiger partial charge < -0.3 is 4.98 Å². The van der Waals surface area contributed by atoms with E-state index < -0.39 is 11.9 Å². The van der Waals surface area contributed by atoms with Gasteiger partial charge in [-0.15, -0.1) is 0 Å². The quantitative estimate of drug-likeness (QED) is 0.512. The molecule has 21 heavy (non-hydrogen) atoms. The highest BCUT2D eigenvalue weighted by Crippen LogP contribution is 2.16. The van der Waals surface area contributed by atoms with Crippen LogP contribution in [0.3, 0.4) is 0 Å². The number of halogens is 2. The van der Waals surface area contributed by atoms with Crippen molar-refractivity contribution in [3.8, 4) is 0 Å². The van der Waals surface area contributed by atoms with E-state index in [9.17, 15) is 13.6 Å². The number of hydrogen-bond donors (Lipinski definition) is 3. The zero-order valence-corrected chi connectivity index (χ0v) is 10.7. The smallest absolute Gasteiger partial charge is 0.286 e. The number of rotatable bonds is 3. The first-order valence-corrected chi connectivity index (χ1v) is 6.08. The fourth-order valence-corrected chi connectivity index (χ4v) is 1.87. The van der Waals surface area contributed by atoms with E-state index in [1.54, 1.807) is 12.1 Å². The fourth-order valence-electron chi connectivity index (χ4n) is 1.87. The summed E-state index contributed by atoms with van der Waals surface area (Å²) in [6.45, 7) is 0. The van der Waals surface area contributed by atoms with E-state index >= 15 is 0 Å². The number of aromatic nitrogens is 2. The molecule has 1 amide bonds. The molecule has 0 unspecified atom stereocenters. The van der Waals surface area contributed by atoms with Gasteiger partial charge in [0.05, 0.1) is 11.9 Å². The molecule has 3 aromatic rings. The Kier molecular flexibility index (Phi) is 3.23. The maximum Gasteiger partial charge on any atom is 0.286 e. The fraction of sp³-hybridized carbons (Fsp3) is 0. The van der Waals surface area contributed by atoms with Gasteiger partial charge in [0.1, 0.15) is 11.5 Å². The van der Waals surface area contributed by atoms with Crippen molar-refractivity contribution in [3.05, 3.63) is 60.1 Å². The Labute approximate surface area is 118 Å². The van der Waals surface area contributed by atoms with Crippen molar-refractivity contribution in [3.63, 3.8) is 0 Å². The SMILES string of the molecule is O=C(NNc1ccc(F)nc1)c1cc2ccc(F)cc2[nH]1. The molecular weight excluding hydrogens is 278 g/mol. The summed E-state index contributed by atoms with van der Waals surface area (Å²) in [5, 5.41) is 0.727. The van der Waals surface area contributed by atoms with E-state index in [4.69, 9.17) is 0 Å². The van der Waals surface area contributed by atoms with Crippen LogP contribution in [0, 0.1) is 11.8 Å². The van der Waals surface area contributed by atoms with E-state index in [2.05, 4.69) is 20.8 Å². The molecule has 0 spiro atoms. The van der Waals surface area contributed by atoms with E-state index in [0.29, 0.717) is 11.2 Å². The minimum Gasteiger partial charge on any atom is -0.350 e. The van der Waals surface area contributed by atoms with Gasteiger partial charge in [0.25, 0.3) is 5.91 Å². The molecule has 0 aliphatic carbocycles. The number of amides is 1. The monoisotopic (exact) mass is 288 g/mol. The van der Waals surface area contributed by atoms with E-state index in [0.717, 1.165) is 5.39 Å². The summed E-state index contributed by atoms with van der Waals surface area (Å²) >= 11 is 0. The summed E-state index contributed by atoms with van der Waals surface area (Å²) in [4.78, 5) is 18.2. The average molecular weight is 288 g/mol. The van der Waals surface area contributed by atoms with Crippen molar-refractivity contribution >= 4 is 22.5 Å². The van der Waals surface area contributed by atoms with Crippen molar-refractivity contribution in [2.45, 2.75) is 0 Å². The zero-order chi connectivity index (χ0) is 14.8. The summed E-state index contributed by atoms with van der Waals surface area (Å²) in [6, 6.07) is 8.41. The van der Waals surface area contributed by atoms with Gasteiger partial charge in [0.2, 0.25) is 5.95 Å². The molecule has 3 rings (SSSR count). The number of H-pyrrole nitrogens is 1. The van der Waals surface area contributed by atoms with Crippen LogP contribution in [-0.2, 0) is 0 Å². The highest BCUT2D eigenvalue weighted by atomic mass is 19.1. The molecule has 0 aliphatic rings. The number of anilines is 1. The second-order valence-electron chi connectivity index (χ2n) is 4.36. The minimum atomic E-state index is -0.607. The highest BCUT2D eigenvalue weighted by molar-refractivity contribution is 5.98. The Morgan fingerprint density at radius 1 is 1.14 bits per heavy atom. The van der Waals surface area contributed by atoms with Gasteiger partial charge in [-0.1, -0.05) is 0 Å². The van der Waals surface area contributed by atoms with Crippen molar-refractivity contribution in [1.82, 2.24) is 15.4 Å². The number of nitrogens with one attached hydrogen (secondary N) is 3. The molecule has 1 aromatic carbocycles. The van der Waals surface area contributed by atoms with Crippen LogP contribution in [0.25, 0.3) is 10.9 Å². The Morgan fingerprint density at radius 3 is 2.76 bits per heavy atom. The van der Waals surface area contributed by atoms with Gasteiger partial charge in [-0.25, -0.2) is 9.37 Å². The van der Waals surface area contributed by atoms with Crippen molar-refractivity contribution < 1.29 is 13.6 Å². The summed E-state index contributed by atoms with van der Waals surface area (Å²) < 4.78 is 25.7. The largest absolute Gasteiger partial charge is 0.350 e. The Hall–Kier alpha value is -2.96. The molecule has 2 heterocycles. The molecule has 0 saturated heterocycles. The molecule has 0 saturated carbocycles. The van der Waals surface area contributed by atoms with Gasteiger partial charge in [-0.05, 0) is 36.4 Å². The first-order valence-electron chi connectivity index (χ1n) is 6.08. The lowest BCUT2D eigenvalue weighted by molar-refractivity contribution is 0.0958. The summed E-state index contributed by atoms with van der Waals surface area (Å²) in [5.41, 5.74) is 6.28. The molecule has 106 valence electrons. The molecule has 0 radical (unpaired) electrons. The Balaban J connectivity index is 1.73. The Morgan fingerprint density at radius 2 is 2.00 bits per heavy atom. The summed E-state index contributed by atoms with van der Waals surface area (Å²) in [6.07, 6.45) is 1.25. The maximum absolute atomic E-state index is 13.1. The van der Waals surface area contributed by atoms with E-state index in [-0.39, 0.29) is 11.5 Å². The summed E-state index contributed by atoms with van der Waals surface area (Å²) in [7, 11) is 0. The number of hydrogen-bond acceptors (Lipinski definition) is 3.